The third-order valence-electron chi connectivity index (χ3n) is 2.41. The monoisotopic (exact) mass is 166 g/mol. The van der Waals surface area contributed by atoms with Crippen LogP contribution in [0.1, 0.15) is 31.0 Å². The molecule has 0 aliphatic carbocycles. The van der Waals surface area contributed by atoms with Gasteiger partial charge in [-0.1, -0.05) is 6.42 Å². The van der Waals surface area contributed by atoms with Crippen LogP contribution >= 0.6 is 0 Å². The minimum atomic E-state index is 0.328. The Morgan fingerprint density at radius 2 is 2.33 bits per heavy atom. The van der Waals surface area contributed by atoms with E-state index in [1.54, 1.807) is 12.3 Å². The van der Waals surface area contributed by atoms with Crippen LogP contribution in [0.25, 0.3) is 0 Å². The zero-order valence-electron chi connectivity index (χ0n) is 7.01. The van der Waals surface area contributed by atoms with Gasteiger partial charge in [0.2, 0.25) is 0 Å². The van der Waals surface area contributed by atoms with E-state index in [1.165, 1.54) is 12.8 Å². The quantitative estimate of drug-likeness (QED) is 0.592. The number of nitrogens with one attached hydrogen (secondary N) is 2. The second kappa shape index (κ2) is 3.19. The Bertz CT molecular complexity index is 251. The fraction of sp³-hybridized carbons (Fsp3) is 0.556. The zero-order chi connectivity index (χ0) is 8.39. The van der Waals surface area contributed by atoms with Gasteiger partial charge in [0.05, 0.1) is 11.7 Å². The van der Waals surface area contributed by atoms with Gasteiger partial charge < -0.3 is 15.4 Å². The molecule has 1 fully saturated rings. The summed E-state index contributed by atoms with van der Waals surface area (Å²) in [7, 11) is 0. The van der Waals surface area contributed by atoms with Gasteiger partial charge in [-0.3, -0.25) is 0 Å². The lowest BCUT2D eigenvalue weighted by Crippen LogP contribution is -2.26. The minimum Gasteiger partial charge on any atom is -0.506 e. The van der Waals surface area contributed by atoms with Crippen molar-refractivity contribution in [1.82, 2.24) is 10.3 Å². The number of hydrogen-bond donors (Lipinski definition) is 3. The number of aromatic nitrogens is 1. The van der Waals surface area contributed by atoms with E-state index in [0.717, 1.165) is 18.7 Å². The SMILES string of the molecule is Oc1cc[nH]c1[C@H]1CCCCN1. The maximum absolute atomic E-state index is 9.43. The van der Waals surface area contributed by atoms with Gasteiger partial charge in [-0.2, -0.15) is 0 Å². The van der Waals surface area contributed by atoms with E-state index in [1.807, 2.05) is 0 Å². The number of hydrogen-bond acceptors (Lipinski definition) is 2. The highest BCUT2D eigenvalue weighted by molar-refractivity contribution is 5.28. The molecule has 0 radical (unpaired) electrons. The van der Waals surface area contributed by atoms with Crippen molar-refractivity contribution >= 4 is 0 Å². The molecule has 0 unspecified atom stereocenters. The maximum atomic E-state index is 9.43. The largest absolute Gasteiger partial charge is 0.506 e. The highest BCUT2D eigenvalue weighted by Crippen LogP contribution is 2.27. The van der Waals surface area contributed by atoms with Gasteiger partial charge in [-0.05, 0) is 25.5 Å². The Hall–Kier alpha value is -0.960. The lowest BCUT2D eigenvalue weighted by Gasteiger charge is -2.22. The van der Waals surface area contributed by atoms with Crippen LogP contribution in [0.4, 0.5) is 0 Å². The van der Waals surface area contributed by atoms with Crippen LogP contribution in [0.3, 0.4) is 0 Å². The van der Waals surface area contributed by atoms with E-state index < -0.39 is 0 Å². The molecule has 1 aliphatic rings. The second-order valence-corrected chi connectivity index (χ2v) is 3.28. The van der Waals surface area contributed by atoms with Crippen molar-refractivity contribution in [3.05, 3.63) is 18.0 Å². The molecule has 3 nitrogen and oxygen atoms in total. The number of rotatable bonds is 1. The van der Waals surface area contributed by atoms with E-state index in [0.29, 0.717) is 11.8 Å². The lowest BCUT2D eigenvalue weighted by atomic mass is 10.0. The highest BCUT2D eigenvalue weighted by Gasteiger charge is 2.18. The van der Waals surface area contributed by atoms with Crippen LogP contribution in [0.5, 0.6) is 5.75 Å². The van der Waals surface area contributed by atoms with Crippen molar-refractivity contribution in [2.75, 3.05) is 6.54 Å². The van der Waals surface area contributed by atoms with Crippen LogP contribution in [0, 0.1) is 0 Å². The van der Waals surface area contributed by atoms with Gasteiger partial charge in [0.1, 0.15) is 5.75 Å². The average Bonchev–Trinajstić information content (AvgIpc) is 2.53. The molecule has 0 amide bonds. The summed E-state index contributed by atoms with van der Waals surface area (Å²) >= 11 is 0. The summed E-state index contributed by atoms with van der Waals surface area (Å²) < 4.78 is 0. The molecule has 2 heterocycles. The molecule has 1 aromatic heterocycles. The van der Waals surface area contributed by atoms with E-state index in [-0.39, 0.29) is 0 Å². The normalized spacial score (nSPS) is 24.2. The fourth-order valence-electron chi connectivity index (χ4n) is 1.75. The highest BCUT2D eigenvalue weighted by atomic mass is 16.3. The van der Waals surface area contributed by atoms with Crippen LogP contribution in [0.2, 0.25) is 0 Å². The standard InChI is InChI=1S/C9H14N2O/c12-8-4-6-11-9(8)7-3-1-2-5-10-7/h4,6-7,10-12H,1-3,5H2/t7-/m1/s1. The van der Waals surface area contributed by atoms with Crippen LogP contribution < -0.4 is 5.32 Å². The third kappa shape index (κ3) is 1.32. The Kier molecular flexibility index (Phi) is 2.04. The average molecular weight is 166 g/mol. The molecule has 12 heavy (non-hydrogen) atoms. The first-order valence-electron chi connectivity index (χ1n) is 4.47. The maximum Gasteiger partial charge on any atom is 0.137 e. The molecule has 3 heteroatoms. The molecule has 1 aromatic rings. The summed E-state index contributed by atoms with van der Waals surface area (Å²) in [6.45, 7) is 1.06. The van der Waals surface area contributed by atoms with Gasteiger partial charge in [0, 0.05) is 6.20 Å². The first kappa shape index (κ1) is 7.68. The van der Waals surface area contributed by atoms with Crippen LogP contribution in [-0.4, -0.2) is 16.6 Å². The molecule has 66 valence electrons. The Balaban J connectivity index is 2.13. The molecular weight excluding hydrogens is 152 g/mol. The molecule has 0 aromatic carbocycles. The predicted octanol–water partition coefficient (Wildman–Crippen LogP) is 1.53. The first-order valence-corrected chi connectivity index (χ1v) is 4.47. The van der Waals surface area contributed by atoms with Gasteiger partial charge in [-0.15, -0.1) is 0 Å². The minimum absolute atomic E-state index is 0.328. The van der Waals surface area contributed by atoms with Crippen molar-refractivity contribution in [2.45, 2.75) is 25.3 Å². The number of aromatic amines is 1. The van der Waals surface area contributed by atoms with Gasteiger partial charge in [-0.25, -0.2) is 0 Å². The summed E-state index contributed by atoms with van der Waals surface area (Å²) in [4.78, 5) is 3.06. The van der Waals surface area contributed by atoms with E-state index in [2.05, 4.69) is 10.3 Å². The smallest absolute Gasteiger partial charge is 0.137 e. The molecular formula is C9H14N2O. The fourth-order valence-corrected chi connectivity index (χ4v) is 1.75. The molecule has 1 atom stereocenters. The third-order valence-corrected chi connectivity index (χ3v) is 2.41. The van der Waals surface area contributed by atoms with Crippen molar-refractivity contribution in [3.8, 4) is 5.75 Å². The van der Waals surface area contributed by atoms with E-state index >= 15 is 0 Å². The molecule has 0 bridgehead atoms. The lowest BCUT2D eigenvalue weighted by molar-refractivity contribution is 0.386. The summed E-state index contributed by atoms with van der Waals surface area (Å²) in [5.74, 6) is 0.384. The van der Waals surface area contributed by atoms with Crippen molar-refractivity contribution in [2.24, 2.45) is 0 Å². The summed E-state index contributed by atoms with van der Waals surface area (Å²) in [6.07, 6.45) is 5.39. The van der Waals surface area contributed by atoms with E-state index in [4.69, 9.17) is 0 Å². The number of aromatic hydroxyl groups is 1. The summed E-state index contributed by atoms with van der Waals surface area (Å²) in [5, 5.41) is 12.8. The van der Waals surface area contributed by atoms with Crippen molar-refractivity contribution < 1.29 is 5.11 Å². The second-order valence-electron chi connectivity index (χ2n) is 3.28. The van der Waals surface area contributed by atoms with Gasteiger partial charge >= 0.3 is 0 Å². The van der Waals surface area contributed by atoms with Crippen LogP contribution in [-0.2, 0) is 0 Å². The molecule has 1 saturated heterocycles. The number of H-pyrrole nitrogens is 1. The predicted molar refractivity (Wildman–Crippen MR) is 47.1 cm³/mol. The molecule has 2 rings (SSSR count). The number of piperidine rings is 1. The van der Waals surface area contributed by atoms with E-state index in [9.17, 15) is 5.11 Å². The van der Waals surface area contributed by atoms with Crippen molar-refractivity contribution in [3.63, 3.8) is 0 Å². The Labute approximate surface area is 71.8 Å². The van der Waals surface area contributed by atoms with Gasteiger partial charge in [0.15, 0.2) is 0 Å². The van der Waals surface area contributed by atoms with Gasteiger partial charge in [0.25, 0.3) is 0 Å². The molecule has 0 spiro atoms. The molecule has 0 saturated carbocycles. The topological polar surface area (TPSA) is 48.0 Å². The first-order chi connectivity index (χ1) is 5.88. The van der Waals surface area contributed by atoms with Crippen molar-refractivity contribution in [1.29, 1.82) is 0 Å². The summed E-state index contributed by atoms with van der Waals surface area (Å²) in [5.41, 5.74) is 0.940. The summed E-state index contributed by atoms with van der Waals surface area (Å²) in [6, 6.07) is 2.03. The Morgan fingerprint density at radius 1 is 1.42 bits per heavy atom. The molecule has 1 aliphatic heterocycles. The molecule has 3 N–H and O–H groups in total. The zero-order valence-corrected chi connectivity index (χ0v) is 7.01. The van der Waals surface area contributed by atoms with Crippen LogP contribution in [0.15, 0.2) is 12.3 Å². The Morgan fingerprint density at radius 3 is 2.92 bits per heavy atom.